The third-order valence-corrected chi connectivity index (χ3v) is 4.16. The molecule has 6 heteroatoms. The molecule has 5 nitrogen and oxygen atoms in total. The molecule has 0 aromatic carbocycles. The molecule has 1 saturated carbocycles. The summed E-state index contributed by atoms with van der Waals surface area (Å²) >= 11 is 0. The Morgan fingerprint density at radius 1 is 1.38 bits per heavy atom. The normalized spacial score (nSPS) is 30.6. The van der Waals surface area contributed by atoms with Crippen LogP contribution in [0.1, 0.15) is 52.9 Å². The van der Waals surface area contributed by atoms with E-state index in [1.54, 1.807) is 13.8 Å². The highest BCUT2D eigenvalue weighted by atomic mass is 19.1. The number of carbonyl (C=O) groups excluding carboxylic acids is 1. The van der Waals surface area contributed by atoms with Gasteiger partial charge in [0.25, 0.3) is 0 Å². The van der Waals surface area contributed by atoms with Crippen LogP contribution in [-0.4, -0.2) is 47.5 Å². The Balaban J connectivity index is 1.94. The number of alkyl halides is 1. The molecule has 2 aliphatic rings. The van der Waals surface area contributed by atoms with Gasteiger partial charge in [-0.25, -0.2) is 9.18 Å². The van der Waals surface area contributed by atoms with Gasteiger partial charge < -0.3 is 19.3 Å². The third kappa shape index (κ3) is 3.93. The Kier molecular flexibility index (Phi) is 4.90. The summed E-state index contributed by atoms with van der Waals surface area (Å²) in [7, 11) is 0. The second-order valence-corrected chi connectivity index (χ2v) is 6.55. The minimum Gasteiger partial charge on any atom is -0.460 e. The van der Waals surface area contributed by atoms with Crippen molar-refractivity contribution >= 4 is 5.97 Å². The van der Waals surface area contributed by atoms with E-state index in [4.69, 9.17) is 14.2 Å². The number of ether oxygens (including phenoxy) is 3. The Labute approximate surface area is 124 Å². The maximum atomic E-state index is 14.7. The summed E-state index contributed by atoms with van der Waals surface area (Å²) in [5.41, 5.74) is -2.51. The average molecular weight is 304 g/mol. The van der Waals surface area contributed by atoms with E-state index in [9.17, 15) is 14.3 Å². The number of esters is 1. The highest BCUT2D eigenvalue weighted by molar-refractivity contribution is 5.80. The molecule has 3 atom stereocenters. The molecule has 0 radical (unpaired) electrons. The monoisotopic (exact) mass is 304 g/mol. The molecule has 0 amide bonds. The predicted octanol–water partition coefficient (Wildman–Crippen LogP) is 2.10. The summed E-state index contributed by atoms with van der Waals surface area (Å²) in [4.78, 5) is 12.0. The van der Waals surface area contributed by atoms with Gasteiger partial charge in [0.05, 0.1) is 6.61 Å². The minimum atomic E-state index is -2.51. The zero-order chi connectivity index (χ0) is 15.7. The van der Waals surface area contributed by atoms with Gasteiger partial charge in [0, 0.05) is 0 Å². The lowest BCUT2D eigenvalue weighted by molar-refractivity contribution is -0.187. The SMILES string of the molecule is CC1(C)OCC(C(O)[C@@](C)(F)C(=O)OC2CCCCC2)O1. The maximum absolute atomic E-state index is 14.7. The maximum Gasteiger partial charge on any atom is 0.346 e. The van der Waals surface area contributed by atoms with E-state index in [0.717, 1.165) is 39.0 Å². The lowest BCUT2D eigenvalue weighted by Crippen LogP contribution is -2.52. The molecule has 1 aliphatic carbocycles. The van der Waals surface area contributed by atoms with Crippen LogP contribution >= 0.6 is 0 Å². The zero-order valence-corrected chi connectivity index (χ0v) is 12.9. The van der Waals surface area contributed by atoms with Crippen LogP contribution in [0.4, 0.5) is 4.39 Å². The molecule has 1 aliphatic heterocycles. The van der Waals surface area contributed by atoms with Crippen molar-refractivity contribution in [3.63, 3.8) is 0 Å². The lowest BCUT2D eigenvalue weighted by Gasteiger charge is -2.31. The van der Waals surface area contributed by atoms with E-state index in [2.05, 4.69) is 0 Å². The molecule has 2 fully saturated rings. The number of rotatable bonds is 4. The molecule has 1 N–H and O–H groups in total. The molecule has 2 unspecified atom stereocenters. The van der Waals surface area contributed by atoms with Gasteiger partial charge in [-0.1, -0.05) is 6.42 Å². The van der Waals surface area contributed by atoms with Crippen LogP contribution in [0.25, 0.3) is 0 Å². The first-order valence-electron chi connectivity index (χ1n) is 7.62. The van der Waals surface area contributed by atoms with Crippen molar-refractivity contribution in [1.82, 2.24) is 0 Å². The summed E-state index contributed by atoms with van der Waals surface area (Å²) in [5.74, 6) is -1.90. The van der Waals surface area contributed by atoms with Crippen LogP contribution in [0, 0.1) is 0 Å². The molecule has 0 aromatic heterocycles. The third-order valence-electron chi connectivity index (χ3n) is 4.16. The van der Waals surface area contributed by atoms with Crippen molar-refractivity contribution in [1.29, 1.82) is 0 Å². The van der Waals surface area contributed by atoms with Crippen LogP contribution < -0.4 is 0 Å². The summed E-state index contributed by atoms with van der Waals surface area (Å²) in [6, 6.07) is 0. The number of halogens is 1. The molecule has 21 heavy (non-hydrogen) atoms. The van der Waals surface area contributed by atoms with Gasteiger partial charge in [0.1, 0.15) is 18.3 Å². The second kappa shape index (κ2) is 6.18. The Bertz CT molecular complexity index is 376. The highest BCUT2D eigenvalue weighted by Crippen LogP contribution is 2.31. The van der Waals surface area contributed by atoms with E-state index in [0.29, 0.717) is 0 Å². The Morgan fingerprint density at radius 2 is 2.00 bits per heavy atom. The second-order valence-electron chi connectivity index (χ2n) is 6.55. The molecular weight excluding hydrogens is 279 g/mol. The average Bonchev–Trinajstić information content (AvgIpc) is 2.79. The van der Waals surface area contributed by atoms with Crippen LogP contribution in [0.15, 0.2) is 0 Å². The Hall–Kier alpha value is -0.720. The molecule has 0 aromatic rings. The summed E-state index contributed by atoms with van der Waals surface area (Å²) in [6.07, 6.45) is 1.86. The van der Waals surface area contributed by atoms with Gasteiger partial charge in [-0.15, -0.1) is 0 Å². The number of aliphatic hydroxyl groups excluding tert-OH is 1. The molecular formula is C15H25FO5. The summed E-state index contributed by atoms with van der Waals surface area (Å²) in [6.45, 7) is 4.44. The van der Waals surface area contributed by atoms with Crippen molar-refractivity contribution in [2.24, 2.45) is 0 Å². The quantitative estimate of drug-likeness (QED) is 0.806. The fraction of sp³-hybridized carbons (Fsp3) is 0.933. The van der Waals surface area contributed by atoms with Crippen LogP contribution in [0.3, 0.4) is 0 Å². The van der Waals surface area contributed by atoms with Crippen LogP contribution in [-0.2, 0) is 19.0 Å². The molecule has 1 heterocycles. The smallest absolute Gasteiger partial charge is 0.346 e. The van der Waals surface area contributed by atoms with E-state index in [-0.39, 0.29) is 12.7 Å². The van der Waals surface area contributed by atoms with Crippen LogP contribution in [0.5, 0.6) is 0 Å². The summed E-state index contributed by atoms with van der Waals surface area (Å²) in [5, 5.41) is 10.1. The van der Waals surface area contributed by atoms with Crippen molar-refractivity contribution < 1.29 is 28.5 Å². The molecule has 2 rings (SSSR count). The van der Waals surface area contributed by atoms with Gasteiger partial charge in [-0.2, -0.15) is 0 Å². The molecule has 1 saturated heterocycles. The van der Waals surface area contributed by atoms with Gasteiger partial charge in [0.15, 0.2) is 5.79 Å². The fourth-order valence-electron chi connectivity index (χ4n) is 2.79. The number of hydrogen-bond acceptors (Lipinski definition) is 5. The van der Waals surface area contributed by atoms with Crippen molar-refractivity contribution in [2.45, 2.75) is 82.6 Å². The largest absolute Gasteiger partial charge is 0.460 e. The Morgan fingerprint density at radius 3 is 2.52 bits per heavy atom. The highest BCUT2D eigenvalue weighted by Gasteiger charge is 2.51. The van der Waals surface area contributed by atoms with Crippen LogP contribution in [0.2, 0.25) is 0 Å². The van der Waals surface area contributed by atoms with Gasteiger partial charge in [0.2, 0.25) is 5.67 Å². The summed E-state index contributed by atoms with van der Waals surface area (Å²) < 4.78 is 30.6. The van der Waals surface area contributed by atoms with Gasteiger partial charge >= 0.3 is 5.97 Å². The number of hydrogen-bond donors (Lipinski definition) is 1. The first kappa shape index (κ1) is 16.6. The molecule has 0 spiro atoms. The van der Waals surface area contributed by atoms with E-state index < -0.39 is 29.6 Å². The van der Waals surface area contributed by atoms with E-state index in [1.807, 2.05) is 0 Å². The topological polar surface area (TPSA) is 65.0 Å². The minimum absolute atomic E-state index is 0.0460. The standard InChI is InChI=1S/C15H25FO5/c1-14(2)19-9-11(21-14)12(17)15(3,16)13(18)20-10-7-5-4-6-8-10/h10-12,17H,4-9H2,1-3H3/t11?,12?,15-/m1/s1. The fourth-order valence-corrected chi connectivity index (χ4v) is 2.79. The lowest BCUT2D eigenvalue weighted by atomic mass is 9.95. The first-order valence-corrected chi connectivity index (χ1v) is 7.62. The van der Waals surface area contributed by atoms with Crippen molar-refractivity contribution in [2.75, 3.05) is 6.61 Å². The zero-order valence-electron chi connectivity index (χ0n) is 12.9. The number of aliphatic hydroxyl groups is 1. The first-order chi connectivity index (χ1) is 9.72. The number of carbonyl (C=O) groups is 1. The predicted molar refractivity (Wildman–Crippen MR) is 73.4 cm³/mol. The van der Waals surface area contributed by atoms with Gasteiger partial charge in [-0.05, 0) is 46.5 Å². The van der Waals surface area contributed by atoms with Crippen molar-refractivity contribution in [3.05, 3.63) is 0 Å². The van der Waals surface area contributed by atoms with Gasteiger partial charge in [-0.3, -0.25) is 0 Å². The van der Waals surface area contributed by atoms with E-state index >= 15 is 0 Å². The molecule has 122 valence electrons. The molecule has 0 bridgehead atoms. The van der Waals surface area contributed by atoms with E-state index in [1.165, 1.54) is 0 Å². The van der Waals surface area contributed by atoms with Crippen molar-refractivity contribution in [3.8, 4) is 0 Å².